The lowest BCUT2D eigenvalue weighted by Crippen LogP contribution is -1.94. The van der Waals surface area contributed by atoms with Gasteiger partial charge in [-0.05, 0) is 31.0 Å². The van der Waals surface area contributed by atoms with E-state index in [1.807, 2.05) is 19.1 Å². The molecule has 100 valence electrons. The van der Waals surface area contributed by atoms with Gasteiger partial charge in [-0.25, -0.2) is 0 Å². The zero-order valence-corrected chi connectivity index (χ0v) is 11.3. The minimum atomic E-state index is -0.239. The number of Topliss-reactive ketones (excluding diaryl/α,β-unsaturated/α-hetero) is 1. The summed E-state index contributed by atoms with van der Waals surface area (Å²) < 4.78 is 4.99. The Morgan fingerprint density at radius 3 is 2.50 bits per heavy atom. The summed E-state index contributed by atoms with van der Waals surface area (Å²) in [5.74, 6) is 5.49. The van der Waals surface area contributed by atoms with Crippen molar-refractivity contribution >= 4 is 5.78 Å². The first-order valence-electron chi connectivity index (χ1n) is 6.10. The lowest BCUT2D eigenvalue weighted by atomic mass is 10.1. The Hall–Kier alpha value is -2.73. The highest BCUT2D eigenvalue weighted by molar-refractivity contribution is 6.09. The van der Waals surface area contributed by atoms with E-state index in [1.165, 1.54) is 13.2 Å². The first-order chi connectivity index (χ1) is 9.60. The lowest BCUT2D eigenvalue weighted by molar-refractivity contribution is 0.105. The number of phenols is 1. The van der Waals surface area contributed by atoms with E-state index in [1.54, 1.807) is 24.3 Å². The molecule has 0 aliphatic rings. The zero-order valence-electron chi connectivity index (χ0n) is 11.3. The molecule has 0 radical (unpaired) electrons. The summed E-state index contributed by atoms with van der Waals surface area (Å²) in [5.41, 5.74) is 2.27. The Morgan fingerprint density at radius 1 is 1.15 bits per heavy atom. The lowest BCUT2D eigenvalue weighted by Gasteiger charge is -2.02. The Balaban J connectivity index is 2.22. The molecule has 0 saturated heterocycles. The number of aryl methyl sites for hydroxylation is 1. The van der Waals surface area contributed by atoms with Gasteiger partial charge in [-0.2, -0.15) is 0 Å². The van der Waals surface area contributed by atoms with Crippen LogP contribution in [0, 0.1) is 18.8 Å². The molecule has 2 aromatic rings. The number of benzene rings is 2. The molecule has 2 aromatic carbocycles. The van der Waals surface area contributed by atoms with Crippen LogP contribution in [0.4, 0.5) is 0 Å². The standard InChI is InChI=1S/C17H14O3/c1-12-3-7-14(8-4-12)15(18)9-5-13-6-10-16(19)17(11-13)20-2/h3-4,6-8,10-11,19H,1-2H3. The van der Waals surface area contributed by atoms with Crippen LogP contribution in [0.1, 0.15) is 21.5 Å². The first-order valence-corrected chi connectivity index (χ1v) is 6.10. The first kappa shape index (κ1) is 13.7. The summed E-state index contributed by atoms with van der Waals surface area (Å²) in [4.78, 5) is 11.9. The average Bonchev–Trinajstić information content (AvgIpc) is 2.46. The third-order valence-corrected chi connectivity index (χ3v) is 2.81. The number of methoxy groups -OCH3 is 1. The largest absolute Gasteiger partial charge is 0.504 e. The van der Waals surface area contributed by atoms with Gasteiger partial charge in [0, 0.05) is 11.1 Å². The predicted molar refractivity (Wildman–Crippen MR) is 77.0 cm³/mol. The quantitative estimate of drug-likeness (QED) is 0.671. The molecule has 2 rings (SSSR count). The highest BCUT2D eigenvalue weighted by Crippen LogP contribution is 2.25. The summed E-state index contributed by atoms with van der Waals surface area (Å²) in [6.45, 7) is 1.96. The van der Waals surface area contributed by atoms with Crippen molar-refractivity contribution < 1.29 is 14.6 Å². The fourth-order valence-electron chi connectivity index (χ4n) is 1.66. The highest BCUT2D eigenvalue weighted by Gasteiger charge is 2.02. The number of aromatic hydroxyl groups is 1. The van der Waals surface area contributed by atoms with Crippen LogP contribution in [-0.4, -0.2) is 18.0 Å². The number of carbonyl (C=O) groups excluding carboxylic acids is 1. The van der Waals surface area contributed by atoms with Gasteiger partial charge in [-0.1, -0.05) is 35.7 Å². The molecule has 0 atom stereocenters. The van der Waals surface area contributed by atoms with Crippen LogP contribution < -0.4 is 4.74 Å². The third-order valence-electron chi connectivity index (χ3n) is 2.81. The van der Waals surface area contributed by atoms with Gasteiger partial charge in [0.25, 0.3) is 0 Å². The fraction of sp³-hybridized carbons (Fsp3) is 0.118. The molecule has 1 N–H and O–H groups in total. The minimum Gasteiger partial charge on any atom is -0.504 e. The second-order valence-corrected chi connectivity index (χ2v) is 4.33. The average molecular weight is 266 g/mol. The van der Waals surface area contributed by atoms with Gasteiger partial charge in [0.1, 0.15) is 0 Å². The molecule has 0 bridgehead atoms. The molecule has 0 aromatic heterocycles. The molecule has 0 aliphatic heterocycles. The molecule has 0 saturated carbocycles. The minimum absolute atomic E-state index is 0.0444. The molecule has 3 nitrogen and oxygen atoms in total. The van der Waals surface area contributed by atoms with Crippen molar-refractivity contribution in [2.45, 2.75) is 6.92 Å². The van der Waals surface area contributed by atoms with Crippen LogP contribution >= 0.6 is 0 Å². The zero-order chi connectivity index (χ0) is 14.5. The molecule has 0 spiro atoms. The number of ether oxygens (including phenoxy) is 1. The SMILES string of the molecule is COc1cc(C#CC(=O)c2ccc(C)cc2)ccc1O. The molecule has 0 unspecified atom stereocenters. The summed E-state index contributed by atoms with van der Waals surface area (Å²) in [5, 5.41) is 9.48. The number of phenolic OH excluding ortho intramolecular Hbond substituents is 1. The van der Waals surface area contributed by atoms with E-state index in [9.17, 15) is 9.90 Å². The summed E-state index contributed by atoms with van der Waals surface area (Å²) in [6.07, 6.45) is 0. The van der Waals surface area contributed by atoms with Crippen LogP contribution in [0.3, 0.4) is 0 Å². The molecule has 0 fully saturated rings. The van der Waals surface area contributed by atoms with E-state index in [-0.39, 0.29) is 11.5 Å². The summed E-state index contributed by atoms with van der Waals surface area (Å²) in [7, 11) is 1.46. The van der Waals surface area contributed by atoms with Crippen molar-refractivity contribution in [3.63, 3.8) is 0 Å². The van der Waals surface area contributed by atoms with Crippen LogP contribution in [0.25, 0.3) is 0 Å². The number of ketones is 1. The summed E-state index contributed by atoms with van der Waals surface area (Å²) in [6, 6.07) is 12.0. The third kappa shape index (κ3) is 3.18. The van der Waals surface area contributed by atoms with E-state index in [4.69, 9.17) is 4.74 Å². The Morgan fingerprint density at radius 2 is 1.85 bits per heavy atom. The van der Waals surface area contributed by atoms with Gasteiger partial charge >= 0.3 is 0 Å². The number of hydrogen-bond donors (Lipinski definition) is 1. The Bertz CT molecular complexity index is 688. The van der Waals surface area contributed by atoms with E-state index in [2.05, 4.69) is 11.8 Å². The monoisotopic (exact) mass is 266 g/mol. The van der Waals surface area contributed by atoms with Crippen LogP contribution in [0.15, 0.2) is 42.5 Å². The smallest absolute Gasteiger partial charge is 0.236 e. The molecular weight excluding hydrogens is 252 g/mol. The van der Waals surface area contributed by atoms with Crippen molar-refractivity contribution in [2.24, 2.45) is 0 Å². The number of rotatable bonds is 2. The van der Waals surface area contributed by atoms with Crippen LogP contribution in [0.5, 0.6) is 11.5 Å². The van der Waals surface area contributed by atoms with E-state index in [0.29, 0.717) is 16.9 Å². The number of carbonyl (C=O) groups is 1. The summed E-state index contributed by atoms with van der Waals surface area (Å²) >= 11 is 0. The second-order valence-electron chi connectivity index (χ2n) is 4.33. The van der Waals surface area contributed by atoms with Crippen LogP contribution in [-0.2, 0) is 0 Å². The topological polar surface area (TPSA) is 46.5 Å². The molecule has 3 heteroatoms. The van der Waals surface area contributed by atoms with Gasteiger partial charge in [0.05, 0.1) is 7.11 Å². The fourth-order valence-corrected chi connectivity index (χ4v) is 1.66. The van der Waals surface area contributed by atoms with E-state index in [0.717, 1.165) is 5.56 Å². The normalized spacial score (nSPS) is 9.50. The Labute approximate surface area is 117 Å². The van der Waals surface area contributed by atoms with Gasteiger partial charge < -0.3 is 9.84 Å². The maximum absolute atomic E-state index is 11.9. The number of hydrogen-bond acceptors (Lipinski definition) is 3. The maximum Gasteiger partial charge on any atom is 0.236 e. The van der Waals surface area contributed by atoms with Gasteiger partial charge in [-0.15, -0.1) is 0 Å². The Kier molecular flexibility index (Phi) is 4.07. The second kappa shape index (κ2) is 5.94. The van der Waals surface area contributed by atoms with E-state index < -0.39 is 0 Å². The molecule has 0 aliphatic carbocycles. The van der Waals surface area contributed by atoms with Crippen molar-refractivity contribution in [2.75, 3.05) is 7.11 Å². The van der Waals surface area contributed by atoms with Crippen molar-refractivity contribution in [1.29, 1.82) is 0 Å². The van der Waals surface area contributed by atoms with Crippen LogP contribution in [0.2, 0.25) is 0 Å². The molecular formula is C17H14O3. The van der Waals surface area contributed by atoms with Crippen molar-refractivity contribution in [3.8, 4) is 23.3 Å². The van der Waals surface area contributed by atoms with Gasteiger partial charge in [-0.3, -0.25) is 4.79 Å². The van der Waals surface area contributed by atoms with E-state index >= 15 is 0 Å². The molecule has 20 heavy (non-hydrogen) atoms. The molecule has 0 heterocycles. The van der Waals surface area contributed by atoms with Gasteiger partial charge in [0.15, 0.2) is 11.5 Å². The van der Waals surface area contributed by atoms with Crippen molar-refractivity contribution in [1.82, 2.24) is 0 Å². The predicted octanol–water partition coefficient (Wildman–Crippen LogP) is 2.94. The van der Waals surface area contributed by atoms with Gasteiger partial charge in [0.2, 0.25) is 5.78 Å². The maximum atomic E-state index is 11.9. The molecule has 0 amide bonds. The highest BCUT2D eigenvalue weighted by atomic mass is 16.5. The van der Waals surface area contributed by atoms with Crippen molar-refractivity contribution in [3.05, 3.63) is 59.2 Å².